The minimum Gasteiger partial charge on any atom is -0.480 e. The average molecular weight is 750 g/mol. The Morgan fingerprint density at radius 3 is 1.60 bits per heavy atom. The molecule has 12 heteroatoms. The van der Waals surface area contributed by atoms with Crippen molar-refractivity contribution in [1.82, 2.24) is 0 Å². The first-order chi connectivity index (χ1) is 25.1. The smallest absolute Gasteiger partial charge is 0.472 e. The Labute approximate surface area is 312 Å². The number of carbonyl (C=O) groups excluding carboxylic acids is 2. The number of nitrogens with two attached hydrogens (primary N) is 1. The van der Waals surface area contributed by atoms with Crippen LogP contribution in [0.2, 0.25) is 0 Å². The van der Waals surface area contributed by atoms with Gasteiger partial charge in [-0.15, -0.1) is 0 Å². The second-order valence-electron chi connectivity index (χ2n) is 11.9. The summed E-state index contributed by atoms with van der Waals surface area (Å²) >= 11 is 0. The number of carboxylic acid groups (broad SMARTS) is 1. The molecule has 0 aromatic heterocycles. The van der Waals surface area contributed by atoms with E-state index in [1.165, 1.54) is 0 Å². The zero-order valence-electron chi connectivity index (χ0n) is 31.4. The average Bonchev–Trinajstić information content (AvgIpc) is 3.12. The molecular weight excluding hydrogens is 685 g/mol. The standard InChI is InChI=1S/C40H64NO10P/c1-3-5-7-9-11-13-15-17-18-20-21-23-25-27-29-31-38(42)48-33-36(34-49-52(46,47)50-35-37(41)40(44)45)51-39(43)32-30-28-26-24-22-19-16-14-12-10-8-6-4-2/h5-8,11-14,17-19,22,26,28,36-37H,3-4,9-10,15-16,20-21,23-25,27,29-35,41H2,1-2H3,(H,44,45)(H,46,47)/b7-5-,8-6-,13-11-,14-12-,18-17-,22-19-,28-26-. The van der Waals surface area contributed by atoms with Crippen molar-refractivity contribution in [2.45, 2.75) is 129 Å². The van der Waals surface area contributed by atoms with Gasteiger partial charge in [0.1, 0.15) is 12.6 Å². The van der Waals surface area contributed by atoms with Crippen LogP contribution in [0.4, 0.5) is 0 Å². The van der Waals surface area contributed by atoms with Gasteiger partial charge in [-0.2, -0.15) is 0 Å². The minimum atomic E-state index is -4.74. The lowest BCUT2D eigenvalue weighted by Gasteiger charge is -2.20. The van der Waals surface area contributed by atoms with Crippen molar-refractivity contribution in [2.75, 3.05) is 19.8 Å². The third-order valence-corrected chi connectivity index (χ3v) is 8.10. The van der Waals surface area contributed by atoms with E-state index in [-0.39, 0.29) is 19.4 Å². The van der Waals surface area contributed by atoms with Crippen molar-refractivity contribution in [1.29, 1.82) is 0 Å². The molecule has 0 aliphatic rings. The van der Waals surface area contributed by atoms with Gasteiger partial charge >= 0.3 is 25.7 Å². The second-order valence-corrected chi connectivity index (χ2v) is 13.4. The Hall–Kier alpha value is -3.34. The van der Waals surface area contributed by atoms with E-state index in [1.54, 1.807) is 0 Å². The summed E-state index contributed by atoms with van der Waals surface area (Å²) in [6.45, 7) is 2.44. The van der Waals surface area contributed by atoms with Crippen molar-refractivity contribution < 1.29 is 47.5 Å². The van der Waals surface area contributed by atoms with Gasteiger partial charge in [-0.05, 0) is 70.6 Å². The number of ether oxygens (including phenoxy) is 2. The number of unbranched alkanes of at least 4 members (excludes halogenated alkanes) is 5. The Morgan fingerprint density at radius 2 is 1.06 bits per heavy atom. The minimum absolute atomic E-state index is 0.0310. The van der Waals surface area contributed by atoms with E-state index in [4.69, 9.17) is 24.8 Å². The lowest BCUT2D eigenvalue weighted by Crippen LogP contribution is -2.34. The molecule has 52 heavy (non-hydrogen) atoms. The quantitative estimate of drug-likeness (QED) is 0.0253. The lowest BCUT2D eigenvalue weighted by molar-refractivity contribution is -0.161. The summed E-state index contributed by atoms with van der Waals surface area (Å²) in [5, 5.41) is 8.85. The van der Waals surface area contributed by atoms with Gasteiger partial charge in [-0.3, -0.25) is 23.4 Å². The Bertz CT molecular complexity index is 1200. The maximum absolute atomic E-state index is 12.5. The SMILES string of the molecule is CC/C=C\C/C=C\C/C=C\C/C=C\CCC(=O)OC(COC(=O)CCCCCCC/C=C\C/C=C\C/C=C\CC)COP(=O)(O)OCC(N)C(=O)O. The zero-order chi connectivity index (χ0) is 38.5. The number of rotatable bonds is 33. The molecule has 0 aromatic carbocycles. The summed E-state index contributed by atoms with van der Waals surface area (Å²) in [4.78, 5) is 45.7. The molecule has 11 nitrogen and oxygen atoms in total. The highest BCUT2D eigenvalue weighted by Gasteiger charge is 2.28. The van der Waals surface area contributed by atoms with Crippen LogP contribution >= 0.6 is 7.82 Å². The number of esters is 2. The van der Waals surface area contributed by atoms with Crippen LogP contribution in [0.25, 0.3) is 0 Å². The van der Waals surface area contributed by atoms with Crippen molar-refractivity contribution in [3.63, 3.8) is 0 Å². The first kappa shape index (κ1) is 48.7. The highest BCUT2D eigenvalue weighted by atomic mass is 31.2. The van der Waals surface area contributed by atoms with E-state index in [2.05, 4.69) is 85.2 Å². The largest absolute Gasteiger partial charge is 0.480 e. The van der Waals surface area contributed by atoms with Crippen LogP contribution in [0.15, 0.2) is 85.1 Å². The number of carboxylic acids is 1. The van der Waals surface area contributed by atoms with Gasteiger partial charge < -0.3 is 25.2 Å². The van der Waals surface area contributed by atoms with Gasteiger partial charge in [0.25, 0.3) is 0 Å². The van der Waals surface area contributed by atoms with Crippen LogP contribution in [0.1, 0.15) is 117 Å². The van der Waals surface area contributed by atoms with Crippen molar-refractivity contribution in [3.8, 4) is 0 Å². The molecule has 0 amide bonds. The summed E-state index contributed by atoms with van der Waals surface area (Å²) in [7, 11) is -4.74. The molecule has 0 radical (unpaired) electrons. The van der Waals surface area contributed by atoms with Crippen LogP contribution < -0.4 is 5.73 Å². The first-order valence-corrected chi connectivity index (χ1v) is 20.1. The summed E-state index contributed by atoms with van der Waals surface area (Å²) < 4.78 is 32.4. The fourth-order valence-electron chi connectivity index (χ4n) is 4.27. The van der Waals surface area contributed by atoms with Gasteiger partial charge in [0.15, 0.2) is 6.10 Å². The number of phosphoric ester groups is 1. The number of carbonyl (C=O) groups is 3. The third-order valence-electron chi connectivity index (χ3n) is 7.15. The maximum atomic E-state index is 12.5. The predicted octanol–water partition coefficient (Wildman–Crippen LogP) is 9.16. The molecule has 0 bridgehead atoms. The Kier molecular flexibility index (Phi) is 32.5. The maximum Gasteiger partial charge on any atom is 0.472 e. The Morgan fingerprint density at radius 1 is 0.596 bits per heavy atom. The topological polar surface area (TPSA) is 172 Å². The molecule has 0 fully saturated rings. The molecule has 0 heterocycles. The molecule has 0 aliphatic carbocycles. The van der Waals surface area contributed by atoms with Gasteiger partial charge in [-0.25, -0.2) is 4.57 Å². The molecule has 0 aromatic rings. The van der Waals surface area contributed by atoms with Crippen molar-refractivity contribution >= 4 is 25.7 Å². The third kappa shape index (κ3) is 33.8. The van der Waals surface area contributed by atoms with Crippen molar-refractivity contribution in [3.05, 3.63) is 85.1 Å². The number of hydrogen-bond acceptors (Lipinski definition) is 9. The number of allylic oxidation sites excluding steroid dienone is 14. The molecule has 0 saturated carbocycles. The molecule has 3 unspecified atom stereocenters. The van der Waals surface area contributed by atoms with Crippen molar-refractivity contribution in [2.24, 2.45) is 5.73 Å². The first-order valence-electron chi connectivity index (χ1n) is 18.6. The van der Waals surface area contributed by atoms with E-state index >= 15 is 0 Å². The van der Waals surface area contributed by atoms with Crippen LogP contribution in [0.5, 0.6) is 0 Å². The van der Waals surface area contributed by atoms with E-state index in [0.717, 1.165) is 77.0 Å². The molecule has 0 spiro atoms. The summed E-state index contributed by atoms with van der Waals surface area (Å²) in [6.07, 6.45) is 41.1. The lowest BCUT2D eigenvalue weighted by atomic mass is 10.1. The van der Waals surface area contributed by atoms with E-state index in [1.807, 2.05) is 18.2 Å². The Balaban J connectivity index is 4.60. The molecule has 294 valence electrons. The van der Waals surface area contributed by atoms with E-state index < -0.39 is 51.1 Å². The van der Waals surface area contributed by atoms with Gasteiger partial charge in [-0.1, -0.05) is 118 Å². The van der Waals surface area contributed by atoms with Crippen LogP contribution in [-0.2, 0) is 37.5 Å². The highest BCUT2D eigenvalue weighted by Crippen LogP contribution is 2.43. The monoisotopic (exact) mass is 749 g/mol. The fraction of sp³-hybridized carbons (Fsp3) is 0.575. The summed E-state index contributed by atoms with van der Waals surface area (Å²) in [6, 6.07) is -1.54. The molecule has 0 rings (SSSR count). The van der Waals surface area contributed by atoms with Gasteiger partial charge in [0.05, 0.1) is 13.2 Å². The second kappa shape index (κ2) is 34.7. The van der Waals surface area contributed by atoms with Crippen LogP contribution in [0, 0.1) is 0 Å². The number of hydrogen-bond donors (Lipinski definition) is 3. The van der Waals surface area contributed by atoms with Crippen LogP contribution in [0.3, 0.4) is 0 Å². The van der Waals surface area contributed by atoms with Gasteiger partial charge in [0.2, 0.25) is 0 Å². The van der Waals surface area contributed by atoms with E-state index in [0.29, 0.717) is 12.8 Å². The molecule has 4 N–H and O–H groups in total. The van der Waals surface area contributed by atoms with Crippen LogP contribution in [-0.4, -0.2) is 59.9 Å². The predicted molar refractivity (Wildman–Crippen MR) is 207 cm³/mol. The number of phosphoric acid groups is 1. The summed E-state index contributed by atoms with van der Waals surface area (Å²) in [5.74, 6) is -2.52. The van der Waals surface area contributed by atoms with Gasteiger partial charge in [0, 0.05) is 12.8 Å². The summed E-state index contributed by atoms with van der Waals surface area (Å²) in [5.41, 5.74) is 5.30. The molecule has 3 atom stereocenters. The zero-order valence-corrected chi connectivity index (χ0v) is 32.3. The molecule has 0 saturated heterocycles. The normalized spacial score (nSPS) is 14.8. The molecule has 0 aliphatic heterocycles. The molecular formula is C40H64NO10P. The highest BCUT2D eigenvalue weighted by molar-refractivity contribution is 7.47. The van der Waals surface area contributed by atoms with E-state index in [9.17, 15) is 23.8 Å². The number of aliphatic carboxylic acids is 1. The fourth-order valence-corrected chi connectivity index (χ4v) is 5.04.